The van der Waals surface area contributed by atoms with E-state index in [-0.39, 0.29) is 31.3 Å². The molecular weight excluding hydrogens is 356 g/mol. The van der Waals surface area contributed by atoms with Crippen molar-refractivity contribution in [3.8, 4) is 17.2 Å². The second-order valence-corrected chi connectivity index (χ2v) is 5.27. The molecule has 0 aromatic heterocycles. The highest BCUT2D eigenvalue weighted by atomic mass is 16.5. The molecule has 2 aromatic carbocycles. The zero-order chi connectivity index (χ0) is 20.2. The van der Waals surface area contributed by atoms with Crippen molar-refractivity contribution < 1.29 is 39.5 Å². The Morgan fingerprint density at radius 2 is 1.56 bits per heavy atom. The molecule has 0 heterocycles. The van der Waals surface area contributed by atoms with Crippen LogP contribution in [-0.2, 0) is 16.0 Å². The minimum Gasteiger partial charge on any atom is -0.508 e. The van der Waals surface area contributed by atoms with Gasteiger partial charge in [-0.2, -0.15) is 0 Å². The van der Waals surface area contributed by atoms with E-state index in [0.717, 1.165) is 0 Å². The SMILES string of the molecule is CC(=O)Oc1ccc(O)cc1CCO.O=C(OCCO)c1ccc(O)cc1. The molecule has 0 aliphatic heterocycles. The second-order valence-electron chi connectivity index (χ2n) is 5.27. The number of hydrogen-bond acceptors (Lipinski definition) is 8. The third-order valence-electron chi connectivity index (χ3n) is 3.11. The Hall–Kier alpha value is -3.10. The molecule has 4 N–H and O–H groups in total. The van der Waals surface area contributed by atoms with Gasteiger partial charge in [-0.1, -0.05) is 0 Å². The van der Waals surface area contributed by atoms with Crippen LogP contribution in [0, 0.1) is 0 Å². The van der Waals surface area contributed by atoms with Crippen molar-refractivity contribution in [3.05, 3.63) is 53.6 Å². The molecule has 2 rings (SSSR count). The Labute approximate surface area is 156 Å². The number of hydrogen-bond donors (Lipinski definition) is 4. The van der Waals surface area contributed by atoms with Gasteiger partial charge in [0.15, 0.2) is 0 Å². The van der Waals surface area contributed by atoms with Crippen molar-refractivity contribution >= 4 is 11.9 Å². The molecule has 0 atom stereocenters. The summed E-state index contributed by atoms with van der Waals surface area (Å²) in [5.41, 5.74) is 0.967. The van der Waals surface area contributed by atoms with Crippen molar-refractivity contribution in [2.24, 2.45) is 0 Å². The molecule has 146 valence electrons. The third-order valence-corrected chi connectivity index (χ3v) is 3.11. The molecule has 8 nitrogen and oxygen atoms in total. The lowest BCUT2D eigenvalue weighted by atomic mass is 10.1. The highest BCUT2D eigenvalue weighted by Crippen LogP contribution is 2.23. The van der Waals surface area contributed by atoms with E-state index in [2.05, 4.69) is 4.74 Å². The van der Waals surface area contributed by atoms with Crippen LogP contribution in [0.5, 0.6) is 17.2 Å². The largest absolute Gasteiger partial charge is 0.508 e. The van der Waals surface area contributed by atoms with Crippen molar-refractivity contribution in [2.75, 3.05) is 19.8 Å². The maximum absolute atomic E-state index is 11.1. The summed E-state index contributed by atoms with van der Waals surface area (Å²) in [6.45, 7) is 1.04. The molecule has 0 fully saturated rings. The lowest BCUT2D eigenvalue weighted by Crippen LogP contribution is -2.08. The molecule has 8 heteroatoms. The number of phenols is 2. The minimum absolute atomic E-state index is 0.0142. The van der Waals surface area contributed by atoms with Gasteiger partial charge in [-0.15, -0.1) is 0 Å². The molecule has 0 saturated heterocycles. The van der Waals surface area contributed by atoms with Gasteiger partial charge in [0.2, 0.25) is 0 Å². The number of aromatic hydroxyl groups is 2. The Bertz CT molecular complexity index is 740. The van der Waals surface area contributed by atoms with Gasteiger partial charge >= 0.3 is 11.9 Å². The average Bonchev–Trinajstić information content (AvgIpc) is 2.63. The summed E-state index contributed by atoms with van der Waals surface area (Å²) < 4.78 is 9.54. The number of carbonyl (C=O) groups excluding carboxylic acids is 2. The summed E-state index contributed by atoms with van der Waals surface area (Å²) in [6, 6.07) is 10.1. The highest BCUT2D eigenvalue weighted by Gasteiger charge is 2.07. The number of phenolic OH excluding ortho intramolecular Hbond substituents is 2. The number of rotatable bonds is 6. The lowest BCUT2D eigenvalue weighted by molar-refractivity contribution is -0.131. The van der Waals surface area contributed by atoms with Crippen LogP contribution in [0.2, 0.25) is 0 Å². The van der Waals surface area contributed by atoms with Crippen LogP contribution in [0.3, 0.4) is 0 Å². The smallest absolute Gasteiger partial charge is 0.338 e. The molecule has 0 spiro atoms. The molecule has 0 saturated carbocycles. The monoisotopic (exact) mass is 378 g/mol. The van der Waals surface area contributed by atoms with Crippen LogP contribution < -0.4 is 4.74 Å². The zero-order valence-electron chi connectivity index (χ0n) is 14.8. The van der Waals surface area contributed by atoms with E-state index in [4.69, 9.17) is 20.1 Å². The molecule has 2 aromatic rings. The molecule has 0 amide bonds. The zero-order valence-corrected chi connectivity index (χ0v) is 14.8. The Kier molecular flexibility index (Phi) is 9.35. The first-order valence-electron chi connectivity index (χ1n) is 8.05. The van der Waals surface area contributed by atoms with E-state index >= 15 is 0 Å². The molecule has 0 bridgehead atoms. The quantitative estimate of drug-likeness (QED) is 0.438. The van der Waals surface area contributed by atoms with Gasteiger partial charge in [-0.05, 0) is 48.9 Å². The molecule has 0 aliphatic carbocycles. The number of aliphatic hydroxyl groups is 2. The van der Waals surface area contributed by atoms with Crippen LogP contribution in [0.1, 0.15) is 22.8 Å². The highest BCUT2D eigenvalue weighted by molar-refractivity contribution is 5.89. The molecule has 0 radical (unpaired) electrons. The Balaban J connectivity index is 0.000000271. The summed E-state index contributed by atoms with van der Waals surface area (Å²) in [5, 5.41) is 35.2. The standard InChI is InChI=1S/C10H12O4.C9H10O4/c1-7(12)14-10-3-2-9(13)6-8(10)4-5-11;10-5-6-13-9(12)7-1-3-8(11)4-2-7/h2-3,6,11,13H,4-5H2,1H3;1-4,10-11H,5-6H2. The summed E-state index contributed by atoms with van der Waals surface area (Å²) >= 11 is 0. The number of benzene rings is 2. The normalized spacial score (nSPS) is 9.74. The predicted octanol–water partition coefficient (Wildman–Crippen LogP) is 1.39. The van der Waals surface area contributed by atoms with Gasteiger partial charge in [0.25, 0.3) is 0 Å². The fourth-order valence-corrected chi connectivity index (χ4v) is 1.96. The first-order valence-corrected chi connectivity index (χ1v) is 8.05. The van der Waals surface area contributed by atoms with E-state index in [1.165, 1.54) is 49.4 Å². The number of ether oxygens (including phenoxy) is 2. The van der Waals surface area contributed by atoms with Crippen molar-refractivity contribution in [3.63, 3.8) is 0 Å². The van der Waals surface area contributed by atoms with Crippen LogP contribution in [0.15, 0.2) is 42.5 Å². The molecule has 0 aliphatic rings. The van der Waals surface area contributed by atoms with E-state index in [1.54, 1.807) is 0 Å². The predicted molar refractivity (Wildman–Crippen MR) is 95.7 cm³/mol. The van der Waals surface area contributed by atoms with Gasteiger partial charge in [-0.25, -0.2) is 4.79 Å². The van der Waals surface area contributed by atoms with Gasteiger partial charge in [0.05, 0.1) is 12.2 Å². The summed E-state index contributed by atoms with van der Waals surface area (Å²) in [7, 11) is 0. The minimum atomic E-state index is -0.506. The maximum Gasteiger partial charge on any atom is 0.338 e. The van der Waals surface area contributed by atoms with Crippen LogP contribution in [0.25, 0.3) is 0 Å². The summed E-state index contributed by atoms with van der Waals surface area (Å²) in [5.74, 6) is -0.365. The second kappa shape index (κ2) is 11.5. The van der Waals surface area contributed by atoms with Gasteiger partial charge in [0.1, 0.15) is 23.9 Å². The lowest BCUT2D eigenvalue weighted by Gasteiger charge is -2.07. The fraction of sp³-hybridized carbons (Fsp3) is 0.263. The van der Waals surface area contributed by atoms with Crippen molar-refractivity contribution in [2.45, 2.75) is 13.3 Å². The average molecular weight is 378 g/mol. The Morgan fingerprint density at radius 1 is 0.926 bits per heavy atom. The van der Waals surface area contributed by atoms with Crippen molar-refractivity contribution in [1.29, 1.82) is 0 Å². The van der Waals surface area contributed by atoms with Crippen LogP contribution in [-0.4, -0.2) is 52.2 Å². The molecule has 0 unspecified atom stereocenters. The van der Waals surface area contributed by atoms with E-state index in [1.807, 2.05) is 0 Å². The number of aliphatic hydroxyl groups excluding tert-OH is 2. The fourth-order valence-electron chi connectivity index (χ4n) is 1.96. The van der Waals surface area contributed by atoms with Gasteiger partial charge in [-0.3, -0.25) is 4.79 Å². The van der Waals surface area contributed by atoms with Gasteiger partial charge in [0, 0.05) is 19.1 Å². The molecular formula is C19H22O8. The number of carbonyl (C=O) groups is 2. The van der Waals surface area contributed by atoms with E-state index < -0.39 is 11.9 Å². The topological polar surface area (TPSA) is 134 Å². The van der Waals surface area contributed by atoms with Crippen molar-refractivity contribution in [1.82, 2.24) is 0 Å². The maximum atomic E-state index is 11.1. The molecule has 27 heavy (non-hydrogen) atoms. The van der Waals surface area contributed by atoms with Crippen LogP contribution >= 0.6 is 0 Å². The van der Waals surface area contributed by atoms with Crippen LogP contribution in [0.4, 0.5) is 0 Å². The first-order chi connectivity index (χ1) is 12.9. The van der Waals surface area contributed by atoms with Gasteiger partial charge < -0.3 is 29.9 Å². The van der Waals surface area contributed by atoms with E-state index in [9.17, 15) is 14.7 Å². The third kappa shape index (κ3) is 8.21. The summed E-state index contributed by atoms with van der Waals surface area (Å²) in [4.78, 5) is 21.8. The van der Waals surface area contributed by atoms with E-state index in [0.29, 0.717) is 23.3 Å². The summed E-state index contributed by atoms with van der Waals surface area (Å²) in [6.07, 6.45) is 0.344. The first kappa shape index (κ1) is 21.9. The Morgan fingerprint density at radius 3 is 2.11 bits per heavy atom. The number of esters is 2.